The van der Waals surface area contributed by atoms with Crippen LogP contribution in [0.3, 0.4) is 0 Å². The van der Waals surface area contributed by atoms with Crippen molar-refractivity contribution in [2.75, 3.05) is 31.1 Å². The van der Waals surface area contributed by atoms with Gasteiger partial charge in [-0.1, -0.05) is 48.0 Å². The van der Waals surface area contributed by atoms with E-state index in [0.717, 1.165) is 45.4 Å². The van der Waals surface area contributed by atoms with Crippen LogP contribution >= 0.6 is 0 Å². The van der Waals surface area contributed by atoms with Crippen LogP contribution in [0.15, 0.2) is 48.5 Å². The Morgan fingerprint density at radius 1 is 1.22 bits per heavy atom. The van der Waals surface area contributed by atoms with Gasteiger partial charge in [-0.05, 0) is 31.4 Å². The number of anilines is 1. The third kappa shape index (κ3) is 4.51. The zero-order valence-corrected chi connectivity index (χ0v) is 16.2. The molecule has 4 rings (SSSR count). The van der Waals surface area contributed by atoms with Crippen molar-refractivity contribution >= 4 is 11.6 Å². The standard InChI is InChI=1S/C23H29N3O/c1-18-9-10-22-20(14-18)8-5-12-26(22)17-23(27)24-21-11-13-25(16-21)15-19-6-3-2-4-7-19/h2-4,6-7,9-10,14,21H,5,8,11-13,15-17H2,1H3,(H,24,27)/p+1/t21-/m1/s1. The first kappa shape index (κ1) is 18.1. The first-order chi connectivity index (χ1) is 13.2. The molecule has 1 amide bonds. The van der Waals surface area contributed by atoms with E-state index >= 15 is 0 Å². The number of nitrogens with one attached hydrogen (secondary N) is 2. The first-order valence-corrected chi connectivity index (χ1v) is 10.2. The smallest absolute Gasteiger partial charge is 0.239 e. The highest BCUT2D eigenvalue weighted by Gasteiger charge is 2.28. The number of hydrogen-bond acceptors (Lipinski definition) is 2. The van der Waals surface area contributed by atoms with Crippen LogP contribution in [0.4, 0.5) is 5.69 Å². The van der Waals surface area contributed by atoms with Crippen LogP contribution in [-0.4, -0.2) is 38.1 Å². The second kappa shape index (κ2) is 8.13. The number of quaternary nitrogens is 1. The summed E-state index contributed by atoms with van der Waals surface area (Å²) in [7, 11) is 0. The van der Waals surface area contributed by atoms with E-state index in [4.69, 9.17) is 0 Å². The highest BCUT2D eigenvalue weighted by atomic mass is 16.2. The maximum absolute atomic E-state index is 12.6. The fraction of sp³-hybridized carbons (Fsp3) is 0.435. The zero-order valence-electron chi connectivity index (χ0n) is 16.2. The van der Waals surface area contributed by atoms with E-state index in [9.17, 15) is 4.79 Å². The molecule has 0 aliphatic carbocycles. The van der Waals surface area contributed by atoms with Gasteiger partial charge >= 0.3 is 0 Å². The molecular formula is C23H30N3O+. The summed E-state index contributed by atoms with van der Waals surface area (Å²) in [5, 5.41) is 3.28. The van der Waals surface area contributed by atoms with Gasteiger partial charge in [-0.25, -0.2) is 0 Å². The number of nitrogens with zero attached hydrogens (tertiary/aromatic N) is 1. The molecule has 0 radical (unpaired) electrons. The van der Waals surface area contributed by atoms with E-state index in [0.29, 0.717) is 12.6 Å². The summed E-state index contributed by atoms with van der Waals surface area (Å²) in [6.45, 7) is 6.78. The van der Waals surface area contributed by atoms with Gasteiger partial charge in [-0.15, -0.1) is 0 Å². The minimum atomic E-state index is 0.161. The number of likely N-dealkylation sites (tertiary alicyclic amines) is 1. The number of amides is 1. The normalized spacial score (nSPS) is 21.7. The Hall–Kier alpha value is -2.33. The summed E-state index contributed by atoms with van der Waals surface area (Å²) in [6, 6.07) is 17.5. The lowest BCUT2D eigenvalue weighted by Gasteiger charge is -2.31. The summed E-state index contributed by atoms with van der Waals surface area (Å²) < 4.78 is 0. The Kier molecular flexibility index (Phi) is 5.44. The number of carbonyl (C=O) groups excluding carboxylic acids is 1. The van der Waals surface area contributed by atoms with E-state index in [1.54, 1.807) is 4.90 Å². The Bertz CT molecular complexity index is 789. The highest BCUT2D eigenvalue weighted by Crippen LogP contribution is 2.27. The molecule has 2 N–H and O–H groups in total. The lowest BCUT2D eigenvalue weighted by molar-refractivity contribution is -0.901. The third-order valence-corrected chi connectivity index (χ3v) is 5.83. The zero-order chi connectivity index (χ0) is 18.6. The molecule has 2 aromatic rings. The Labute approximate surface area is 162 Å². The monoisotopic (exact) mass is 364 g/mol. The fourth-order valence-electron chi connectivity index (χ4n) is 4.51. The lowest BCUT2D eigenvalue weighted by Crippen LogP contribution is -3.09. The minimum absolute atomic E-state index is 0.161. The van der Waals surface area contributed by atoms with Crippen LogP contribution in [0.1, 0.15) is 29.5 Å². The first-order valence-electron chi connectivity index (χ1n) is 10.2. The minimum Gasteiger partial charge on any atom is -0.362 e. The molecule has 0 saturated carbocycles. The van der Waals surface area contributed by atoms with Crippen molar-refractivity contribution in [3.8, 4) is 0 Å². The molecule has 1 fully saturated rings. The lowest BCUT2D eigenvalue weighted by atomic mass is 9.99. The van der Waals surface area contributed by atoms with Crippen molar-refractivity contribution in [3.63, 3.8) is 0 Å². The van der Waals surface area contributed by atoms with E-state index < -0.39 is 0 Å². The van der Waals surface area contributed by atoms with Gasteiger partial charge in [0.05, 0.1) is 25.7 Å². The van der Waals surface area contributed by atoms with Gasteiger partial charge in [0, 0.05) is 24.2 Å². The predicted octanol–water partition coefficient (Wildman–Crippen LogP) is 1.72. The summed E-state index contributed by atoms with van der Waals surface area (Å²) >= 11 is 0. The van der Waals surface area contributed by atoms with Crippen molar-refractivity contribution in [2.24, 2.45) is 0 Å². The molecule has 4 nitrogen and oxygen atoms in total. The molecule has 27 heavy (non-hydrogen) atoms. The third-order valence-electron chi connectivity index (χ3n) is 5.83. The molecular weight excluding hydrogens is 334 g/mol. The molecule has 2 heterocycles. The van der Waals surface area contributed by atoms with E-state index in [-0.39, 0.29) is 5.91 Å². The molecule has 1 unspecified atom stereocenters. The van der Waals surface area contributed by atoms with Gasteiger partial charge in [0.25, 0.3) is 0 Å². The SMILES string of the molecule is Cc1ccc2c(c1)CCCN2CC(=O)N[C@@H]1CC[NH+](Cc2ccccc2)C1. The maximum Gasteiger partial charge on any atom is 0.239 e. The number of hydrogen-bond donors (Lipinski definition) is 2. The van der Waals surface area contributed by atoms with Crippen LogP contribution in [0, 0.1) is 6.92 Å². The highest BCUT2D eigenvalue weighted by molar-refractivity contribution is 5.82. The van der Waals surface area contributed by atoms with Gasteiger partial charge in [0.15, 0.2) is 0 Å². The molecule has 142 valence electrons. The molecule has 0 spiro atoms. The largest absolute Gasteiger partial charge is 0.362 e. The van der Waals surface area contributed by atoms with Gasteiger partial charge in [-0.2, -0.15) is 0 Å². The molecule has 2 aliphatic heterocycles. The summed E-state index contributed by atoms with van der Waals surface area (Å²) in [4.78, 5) is 16.5. The van der Waals surface area contributed by atoms with Crippen LogP contribution < -0.4 is 15.1 Å². The number of carbonyl (C=O) groups is 1. The Morgan fingerprint density at radius 2 is 2.07 bits per heavy atom. The van der Waals surface area contributed by atoms with E-state index in [2.05, 4.69) is 65.7 Å². The van der Waals surface area contributed by atoms with E-state index in [1.165, 1.54) is 22.4 Å². The van der Waals surface area contributed by atoms with E-state index in [1.807, 2.05) is 0 Å². The summed E-state index contributed by atoms with van der Waals surface area (Å²) in [5.41, 5.74) is 5.30. The van der Waals surface area contributed by atoms with Gasteiger partial charge in [-0.3, -0.25) is 4.79 Å². The average Bonchev–Trinajstić information content (AvgIpc) is 3.09. The van der Waals surface area contributed by atoms with Gasteiger partial charge in [0.1, 0.15) is 6.54 Å². The molecule has 0 bridgehead atoms. The van der Waals surface area contributed by atoms with Crippen molar-refractivity contribution in [2.45, 2.75) is 38.8 Å². The van der Waals surface area contributed by atoms with Crippen LogP contribution in [0.5, 0.6) is 0 Å². The molecule has 2 aliphatic rings. The summed E-state index contributed by atoms with van der Waals surface area (Å²) in [5.74, 6) is 0.161. The number of rotatable bonds is 5. The van der Waals surface area contributed by atoms with Crippen molar-refractivity contribution < 1.29 is 9.69 Å². The Balaban J connectivity index is 1.29. The second-order valence-corrected chi connectivity index (χ2v) is 8.08. The molecule has 1 saturated heterocycles. The number of aryl methyl sites for hydroxylation is 2. The predicted molar refractivity (Wildman–Crippen MR) is 109 cm³/mol. The van der Waals surface area contributed by atoms with Crippen LogP contribution in [0.25, 0.3) is 0 Å². The Morgan fingerprint density at radius 3 is 2.93 bits per heavy atom. The quantitative estimate of drug-likeness (QED) is 0.848. The van der Waals surface area contributed by atoms with Gasteiger partial charge < -0.3 is 15.1 Å². The van der Waals surface area contributed by atoms with Crippen LogP contribution in [0.2, 0.25) is 0 Å². The number of benzene rings is 2. The maximum atomic E-state index is 12.6. The fourth-order valence-corrected chi connectivity index (χ4v) is 4.51. The van der Waals surface area contributed by atoms with Crippen molar-refractivity contribution in [1.82, 2.24) is 5.32 Å². The summed E-state index contributed by atoms with van der Waals surface area (Å²) in [6.07, 6.45) is 3.32. The molecule has 2 aromatic carbocycles. The van der Waals surface area contributed by atoms with Crippen LogP contribution in [-0.2, 0) is 17.8 Å². The van der Waals surface area contributed by atoms with Crippen molar-refractivity contribution in [1.29, 1.82) is 0 Å². The van der Waals surface area contributed by atoms with Gasteiger partial charge in [0.2, 0.25) is 5.91 Å². The molecule has 2 atom stereocenters. The average molecular weight is 365 g/mol. The molecule has 4 heteroatoms. The molecule has 0 aromatic heterocycles. The van der Waals surface area contributed by atoms with Crippen molar-refractivity contribution in [3.05, 3.63) is 65.2 Å². The second-order valence-electron chi connectivity index (χ2n) is 8.08. The number of fused-ring (bicyclic) bond motifs is 1. The topological polar surface area (TPSA) is 36.8 Å².